The number of anilines is 2. The molecule has 180 valence electrons. The fourth-order valence-electron chi connectivity index (χ4n) is 3.70. The molecule has 2 aliphatic heterocycles. The molecule has 9 nitrogen and oxygen atoms in total. The first-order valence-electron chi connectivity index (χ1n) is 10.6. The second-order valence-electron chi connectivity index (χ2n) is 7.80. The minimum absolute atomic E-state index is 0.0108. The van der Waals surface area contributed by atoms with Gasteiger partial charge in [-0.1, -0.05) is 0 Å². The normalized spacial score (nSPS) is 20.0. The van der Waals surface area contributed by atoms with Crippen LogP contribution in [0.25, 0.3) is 0 Å². The Kier molecular flexibility index (Phi) is 7.19. The smallest absolute Gasteiger partial charge is 0.261 e. The number of sulfonamides is 2. The lowest BCUT2D eigenvalue weighted by Gasteiger charge is -2.26. The van der Waals surface area contributed by atoms with Crippen LogP contribution in [0.5, 0.6) is 0 Å². The van der Waals surface area contributed by atoms with E-state index in [4.69, 9.17) is 9.47 Å². The van der Waals surface area contributed by atoms with Gasteiger partial charge in [-0.15, -0.1) is 0 Å². The van der Waals surface area contributed by atoms with Crippen LogP contribution in [0.3, 0.4) is 0 Å². The molecule has 0 saturated carbocycles. The van der Waals surface area contributed by atoms with Gasteiger partial charge in [0.1, 0.15) is 5.82 Å². The van der Waals surface area contributed by atoms with Crippen molar-refractivity contribution in [1.29, 1.82) is 0 Å². The summed E-state index contributed by atoms with van der Waals surface area (Å²) in [7, 11) is -7.93. The Morgan fingerprint density at radius 2 is 1.64 bits per heavy atom. The molecule has 12 heteroatoms. The molecule has 2 aromatic rings. The molecule has 0 spiro atoms. The topological polar surface area (TPSA) is 114 Å². The third-order valence-electron chi connectivity index (χ3n) is 5.51. The molecule has 2 heterocycles. The van der Waals surface area contributed by atoms with E-state index >= 15 is 0 Å². The summed E-state index contributed by atoms with van der Waals surface area (Å²) in [6.45, 7) is 2.15. The van der Waals surface area contributed by atoms with Crippen LogP contribution in [-0.2, 0) is 29.5 Å². The van der Waals surface area contributed by atoms with E-state index < -0.39 is 25.9 Å². The Labute approximate surface area is 193 Å². The van der Waals surface area contributed by atoms with Gasteiger partial charge >= 0.3 is 0 Å². The summed E-state index contributed by atoms with van der Waals surface area (Å²) < 4.78 is 79.9. The molecule has 0 bridgehead atoms. The molecule has 2 aliphatic rings. The minimum atomic E-state index is -4.09. The zero-order chi connectivity index (χ0) is 23.5. The largest absolute Gasteiger partial charge is 0.381 e. The first-order chi connectivity index (χ1) is 15.8. The highest BCUT2D eigenvalue weighted by molar-refractivity contribution is 7.92. The molecule has 0 unspecified atom stereocenters. The van der Waals surface area contributed by atoms with E-state index in [-0.39, 0.29) is 34.7 Å². The predicted octanol–water partition coefficient (Wildman–Crippen LogP) is 2.24. The maximum absolute atomic E-state index is 13.3. The molecule has 0 radical (unpaired) electrons. The molecule has 0 amide bonds. The number of benzene rings is 2. The van der Waals surface area contributed by atoms with Gasteiger partial charge in [-0.05, 0) is 55.3 Å². The van der Waals surface area contributed by atoms with Crippen LogP contribution in [0.2, 0.25) is 0 Å². The first-order valence-corrected chi connectivity index (χ1v) is 13.5. The van der Waals surface area contributed by atoms with E-state index in [1.165, 1.54) is 22.5 Å². The van der Waals surface area contributed by atoms with Crippen molar-refractivity contribution in [3.63, 3.8) is 0 Å². The monoisotopic (exact) mass is 499 g/mol. The number of morpholine rings is 1. The fourth-order valence-corrected chi connectivity index (χ4v) is 6.21. The van der Waals surface area contributed by atoms with Crippen LogP contribution < -0.4 is 10.0 Å². The van der Waals surface area contributed by atoms with Gasteiger partial charge in [-0.25, -0.2) is 21.2 Å². The summed E-state index contributed by atoms with van der Waals surface area (Å²) in [4.78, 5) is -0.181. The first kappa shape index (κ1) is 23.9. The Morgan fingerprint density at radius 3 is 2.30 bits per heavy atom. The van der Waals surface area contributed by atoms with E-state index in [2.05, 4.69) is 10.0 Å². The summed E-state index contributed by atoms with van der Waals surface area (Å²) in [5.41, 5.74) is 0.490. The third kappa shape index (κ3) is 5.64. The lowest BCUT2D eigenvalue weighted by atomic mass is 10.2. The van der Waals surface area contributed by atoms with Crippen molar-refractivity contribution in [1.82, 2.24) is 4.31 Å². The molecule has 33 heavy (non-hydrogen) atoms. The van der Waals surface area contributed by atoms with Crippen LogP contribution >= 0.6 is 0 Å². The Hall–Kier alpha value is -2.25. The van der Waals surface area contributed by atoms with Gasteiger partial charge in [-0.3, -0.25) is 4.72 Å². The van der Waals surface area contributed by atoms with Gasteiger partial charge < -0.3 is 14.8 Å². The summed E-state index contributed by atoms with van der Waals surface area (Å²) in [5, 5.41) is 3.16. The highest BCUT2D eigenvalue weighted by atomic mass is 32.2. The van der Waals surface area contributed by atoms with Crippen molar-refractivity contribution in [3.8, 4) is 0 Å². The van der Waals surface area contributed by atoms with Crippen molar-refractivity contribution in [2.24, 2.45) is 0 Å². The number of hydrogen-bond acceptors (Lipinski definition) is 7. The Bertz CT molecular complexity index is 1180. The second-order valence-corrected chi connectivity index (χ2v) is 11.4. The molecular weight excluding hydrogens is 473 g/mol. The van der Waals surface area contributed by atoms with Crippen molar-refractivity contribution in [3.05, 3.63) is 48.3 Å². The number of halogens is 1. The fraction of sp³-hybridized carbons (Fsp3) is 0.429. The number of hydrogen-bond donors (Lipinski definition) is 2. The van der Waals surface area contributed by atoms with E-state index in [1.54, 1.807) is 0 Å². The molecule has 2 fully saturated rings. The molecule has 2 saturated heterocycles. The standard InChI is InChI=1S/C21H26FN3O6S2/c22-16-3-5-18(6-4-16)32(26,27)24-21-14-19(33(28,29)25-9-12-30-13-10-25)7-8-20(21)23-15-17-2-1-11-31-17/h3-8,14,17,23-24H,1-2,9-13,15H2/t17-/m1/s1. The van der Waals surface area contributed by atoms with Gasteiger partial charge in [0.05, 0.1) is 40.5 Å². The van der Waals surface area contributed by atoms with Crippen LogP contribution in [0.15, 0.2) is 52.3 Å². The third-order valence-corrected chi connectivity index (χ3v) is 8.79. The van der Waals surface area contributed by atoms with E-state index in [9.17, 15) is 21.2 Å². The second kappa shape index (κ2) is 9.94. The molecule has 1 atom stereocenters. The zero-order valence-corrected chi connectivity index (χ0v) is 19.5. The van der Waals surface area contributed by atoms with Crippen molar-refractivity contribution in [2.75, 3.05) is 49.5 Å². The van der Waals surface area contributed by atoms with E-state index in [1.807, 2.05) is 0 Å². The molecule has 2 aromatic carbocycles. The maximum atomic E-state index is 13.3. The maximum Gasteiger partial charge on any atom is 0.261 e. The number of rotatable bonds is 8. The van der Waals surface area contributed by atoms with Crippen LogP contribution in [0, 0.1) is 5.82 Å². The zero-order valence-electron chi connectivity index (χ0n) is 17.9. The number of nitrogens with zero attached hydrogens (tertiary/aromatic N) is 1. The van der Waals surface area contributed by atoms with Crippen LogP contribution in [0.4, 0.5) is 15.8 Å². The Morgan fingerprint density at radius 1 is 0.939 bits per heavy atom. The summed E-state index contributed by atoms with van der Waals surface area (Å²) in [6, 6.07) is 8.65. The molecule has 0 aromatic heterocycles. The number of nitrogens with one attached hydrogen (secondary N) is 2. The Balaban J connectivity index is 1.65. The molecule has 0 aliphatic carbocycles. The van der Waals surface area contributed by atoms with Crippen LogP contribution in [-0.4, -0.2) is 66.7 Å². The SMILES string of the molecule is O=S(=O)(Nc1cc(S(=O)(=O)N2CCOCC2)ccc1NC[C@H]1CCCO1)c1ccc(F)cc1. The highest BCUT2D eigenvalue weighted by Gasteiger charge is 2.28. The molecule has 2 N–H and O–H groups in total. The summed E-state index contributed by atoms with van der Waals surface area (Å²) in [6.07, 6.45) is 1.82. The molecule has 4 rings (SSSR count). The van der Waals surface area contributed by atoms with E-state index in [0.29, 0.717) is 32.1 Å². The van der Waals surface area contributed by atoms with Crippen molar-refractivity contribution < 1.29 is 30.7 Å². The quantitative estimate of drug-likeness (QED) is 0.573. The van der Waals surface area contributed by atoms with Gasteiger partial charge in [0.2, 0.25) is 10.0 Å². The highest BCUT2D eigenvalue weighted by Crippen LogP contribution is 2.30. The molecular formula is C21H26FN3O6S2. The minimum Gasteiger partial charge on any atom is -0.381 e. The van der Waals surface area contributed by atoms with Gasteiger partial charge in [0.25, 0.3) is 10.0 Å². The van der Waals surface area contributed by atoms with E-state index in [0.717, 1.165) is 37.1 Å². The number of ether oxygens (including phenoxy) is 2. The lowest BCUT2D eigenvalue weighted by Crippen LogP contribution is -2.40. The average molecular weight is 500 g/mol. The van der Waals surface area contributed by atoms with Crippen molar-refractivity contribution >= 4 is 31.4 Å². The van der Waals surface area contributed by atoms with Gasteiger partial charge in [0, 0.05) is 26.2 Å². The summed E-state index contributed by atoms with van der Waals surface area (Å²) >= 11 is 0. The van der Waals surface area contributed by atoms with Gasteiger partial charge in [0.15, 0.2) is 0 Å². The van der Waals surface area contributed by atoms with Crippen LogP contribution in [0.1, 0.15) is 12.8 Å². The lowest BCUT2D eigenvalue weighted by molar-refractivity contribution is 0.0730. The average Bonchev–Trinajstić information content (AvgIpc) is 3.32. The van der Waals surface area contributed by atoms with Gasteiger partial charge in [-0.2, -0.15) is 4.31 Å². The van der Waals surface area contributed by atoms with Crippen molar-refractivity contribution in [2.45, 2.75) is 28.7 Å². The summed E-state index contributed by atoms with van der Waals surface area (Å²) in [5.74, 6) is -0.563. The predicted molar refractivity (Wildman–Crippen MR) is 121 cm³/mol.